The molecule has 0 unspecified atom stereocenters. The molecule has 176 valence electrons. The first-order valence-electron chi connectivity index (χ1n) is 10.7. The van der Waals surface area contributed by atoms with Gasteiger partial charge in [0.15, 0.2) is 6.61 Å². The molecule has 0 N–H and O–H groups in total. The molecule has 0 bridgehead atoms. The minimum absolute atomic E-state index is 0.0876. The van der Waals surface area contributed by atoms with Gasteiger partial charge in [-0.2, -0.15) is 4.31 Å². The molecule has 0 aliphatic carbocycles. The molecular formula is C23H28N4O5S. The summed E-state index contributed by atoms with van der Waals surface area (Å²) in [7, 11) is -0.480. The second-order valence-corrected chi connectivity index (χ2v) is 10.3. The molecule has 1 amide bonds. The van der Waals surface area contributed by atoms with Gasteiger partial charge in [-0.15, -0.1) is 0 Å². The Hall–Kier alpha value is -3.11. The summed E-state index contributed by atoms with van der Waals surface area (Å²) in [6, 6.07) is 10.4. The second-order valence-electron chi connectivity index (χ2n) is 8.32. The third-order valence-electron chi connectivity index (χ3n) is 6.38. The summed E-state index contributed by atoms with van der Waals surface area (Å²) in [6.07, 6.45) is 0. The van der Waals surface area contributed by atoms with Crippen LogP contribution < -0.4 is 10.4 Å². The maximum Gasteiger partial charge on any atom is 0.328 e. The van der Waals surface area contributed by atoms with Gasteiger partial charge in [-0.25, -0.2) is 13.2 Å². The van der Waals surface area contributed by atoms with E-state index in [1.54, 1.807) is 25.1 Å². The zero-order valence-corrected chi connectivity index (χ0v) is 20.1. The summed E-state index contributed by atoms with van der Waals surface area (Å²) in [5, 5.41) is 0. The maximum absolute atomic E-state index is 13.2. The van der Waals surface area contributed by atoms with Gasteiger partial charge in [-0.1, -0.05) is 12.1 Å². The number of hydrogen-bond acceptors (Lipinski definition) is 5. The van der Waals surface area contributed by atoms with Crippen molar-refractivity contribution in [3.8, 4) is 5.75 Å². The number of amides is 1. The summed E-state index contributed by atoms with van der Waals surface area (Å²) in [5.41, 5.74) is 3.10. The Morgan fingerprint density at radius 1 is 0.970 bits per heavy atom. The first-order chi connectivity index (χ1) is 15.6. The lowest BCUT2D eigenvalue weighted by molar-refractivity contribution is -0.134. The fourth-order valence-electron chi connectivity index (χ4n) is 4.09. The number of sulfonamides is 1. The van der Waals surface area contributed by atoms with Crippen molar-refractivity contribution >= 4 is 27.0 Å². The fourth-order valence-corrected chi connectivity index (χ4v) is 5.53. The number of ether oxygens (including phenoxy) is 1. The van der Waals surface area contributed by atoms with Crippen molar-refractivity contribution in [1.82, 2.24) is 18.3 Å². The summed E-state index contributed by atoms with van der Waals surface area (Å²) < 4.78 is 36.4. The van der Waals surface area contributed by atoms with E-state index in [4.69, 9.17) is 4.74 Å². The smallest absolute Gasteiger partial charge is 0.328 e. The van der Waals surface area contributed by atoms with Crippen molar-refractivity contribution in [3.63, 3.8) is 0 Å². The first-order valence-corrected chi connectivity index (χ1v) is 12.2. The summed E-state index contributed by atoms with van der Waals surface area (Å²) in [4.78, 5) is 26.5. The zero-order valence-electron chi connectivity index (χ0n) is 19.2. The summed E-state index contributed by atoms with van der Waals surface area (Å²) in [5.74, 6) is 0.504. The molecule has 0 saturated carbocycles. The monoisotopic (exact) mass is 472 g/mol. The number of aryl methyl sites for hydroxylation is 3. The van der Waals surface area contributed by atoms with Crippen LogP contribution in [-0.2, 0) is 28.9 Å². The Morgan fingerprint density at radius 3 is 2.33 bits per heavy atom. The van der Waals surface area contributed by atoms with Crippen LogP contribution in [0, 0.1) is 13.8 Å². The van der Waals surface area contributed by atoms with Crippen LogP contribution in [0.1, 0.15) is 11.1 Å². The summed E-state index contributed by atoms with van der Waals surface area (Å²) >= 11 is 0. The molecule has 0 spiro atoms. The molecule has 2 aromatic carbocycles. The Labute approximate surface area is 192 Å². The molecule has 3 aromatic rings. The lowest BCUT2D eigenvalue weighted by Crippen LogP contribution is -2.51. The average Bonchev–Trinajstić information content (AvgIpc) is 3.03. The number of imidazole rings is 1. The van der Waals surface area contributed by atoms with E-state index >= 15 is 0 Å². The van der Waals surface area contributed by atoms with E-state index in [9.17, 15) is 18.0 Å². The van der Waals surface area contributed by atoms with Crippen molar-refractivity contribution in [1.29, 1.82) is 0 Å². The molecule has 2 heterocycles. The molecule has 9 nitrogen and oxygen atoms in total. The standard InChI is InChI=1S/C23H28N4O5S/c1-16-6-5-7-21(17(16)2)32-15-22(28)26-10-12-27(13-11-26)33(30,31)18-8-9-19-20(14-18)25(4)23(29)24(19)3/h5-9,14H,10-13,15H2,1-4H3. The molecule has 1 aliphatic heterocycles. The second kappa shape index (κ2) is 8.68. The van der Waals surface area contributed by atoms with Gasteiger partial charge in [0, 0.05) is 40.3 Å². The number of hydrogen-bond donors (Lipinski definition) is 0. The number of fused-ring (bicyclic) bond motifs is 1. The quantitative estimate of drug-likeness (QED) is 0.560. The van der Waals surface area contributed by atoms with Crippen LogP contribution in [0.25, 0.3) is 11.0 Å². The maximum atomic E-state index is 13.2. The topological polar surface area (TPSA) is 93.8 Å². The van der Waals surface area contributed by atoms with Gasteiger partial charge in [0.25, 0.3) is 5.91 Å². The molecular weight excluding hydrogens is 444 g/mol. The largest absolute Gasteiger partial charge is 0.483 e. The van der Waals surface area contributed by atoms with E-state index in [0.717, 1.165) is 11.1 Å². The van der Waals surface area contributed by atoms with E-state index in [-0.39, 0.29) is 36.2 Å². The number of aromatic nitrogens is 2. The molecule has 10 heteroatoms. The summed E-state index contributed by atoms with van der Waals surface area (Å²) in [6.45, 7) is 4.82. The number of piperazine rings is 1. The van der Waals surface area contributed by atoms with Gasteiger partial charge in [-0.3, -0.25) is 13.9 Å². The Balaban J connectivity index is 1.42. The minimum atomic E-state index is -3.75. The van der Waals surface area contributed by atoms with E-state index in [0.29, 0.717) is 29.9 Å². The molecule has 33 heavy (non-hydrogen) atoms. The number of benzene rings is 2. The first kappa shape index (κ1) is 23.1. The number of carbonyl (C=O) groups excluding carboxylic acids is 1. The number of rotatable bonds is 5. The Morgan fingerprint density at radius 2 is 1.64 bits per heavy atom. The molecule has 0 atom stereocenters. The number of nitrogens with zero attached hydrogens (tertiary/aromatic N) is 4. The number of carbonyl (C=O) groups is 1. The normalized spacial score (nSPS) is 15.2. The van der Waals surface area contributed by atoms with Crippen LogP contribution in [0.5, 0.6) is 5.75 Å². The lowest BCUT2D eigenvalue weighted by Gasteiger charge is -2.34. The fraction of sp³-hybridized carbons (Fsp3) is 0.391. The third-order valence-corrected chi connectivity index (χ3v) is 8.27. The van der Waals surface area contributed by atoms with E-state index < -0.39 is 10.0 Å². The predicted molar refractivity (Wildman–Crippen MR) is 125 cm³/mol. The van der Waals surface area contributed by atoms with E-state index in [2.05, 4.69) is 0 Å². The van der Waals surface area contributed by atoms with Crippen LogP contribution in [0.15, 0.2) is 46.1 Å². The van der Waals surface area contributed by atoms with Crippen LogP contribution >= 0.6 is 0 Å². The molecule has 1 aliphatic rings. The van der Waals surface area contributed by atoms with Crippen molar-refractivity contribution in [3.05, 3.63) is 58.0 Å². The van der Waals surface area contributed by atoms with Crippen LogP contribution in [0.4, 0.5) is 0 Å². The highest BCUT2D eigenvalue weighted by molar-refractivity contribution is 7.89. The highest BCUT2D eigenvalue weighted by Gasteiger charge is 2.30. The SMILES string of the molecule is Cc1cccc(OCC(=O)N2CCN(S(=O)(=O)c3ccc4c(c3)n(C)c(=O)n4C)CC2)c1C. The van der Waals surface area contributed by atoms with Crippen LogP contribution in [-0.4, -0.2) is 65.5 Å². The highest BCUT2D eigenvalue weighted by Crippen LogP contribution is 2.23. The third kappa shape index (κ3) is 4.16. The average molecular weight is 473 g/mol. The van der Waals surface area contributed by atoms with Gasteiger partial charge < -0.3 is 9.64 Å². The van der Waals surface area contributed by atoms with Crippen molar-refractivity contribution in [2.45, 2.75) is 18.7 Å². The van der Waals surface area contributed by atoms with Crippen LogP contribution in [0.3, 0.4) is 0 Å². The van der Waals surface area contributed by atoms with Gasteiger partial charge in [0.05, 0.1) is 15.9 Å². The van der Waals surface area contributed by atoms with Crippen molar-refractivity contribution in [2.24, 2.45) is 14.1 Å². The molecule has 1 saturated heterocycles. The Kier molecular flexibility index (Phi) is 6.06. The molecule has 1 aromatic heterocycles. The van der Waals surface area contributed by atoms with Gasteiger partial charge >= 0.3 is 5.69 Å². The van der Waals surface area contributed by atoms with E-state index in [1.807, 2.05) is 32.0 Å². The molecule has 0 radical (unpaired) electrons. The van der Waals surface area contributed by atoms with Gasteiger partial charge in [0.2, 0.25) is 10.0 Å². The van der Waals surface area contributed by atoms with Crippen molar-refractivity contribution in [2.75, 3.05) is 32.8 Å². The van der Waals surface area contributed by atoms with Crippen LogP contribution in [0.2, 0.25) is 0 Å². The predicted octanol–water partition coefficient (Wildman–Crippen LogP) is 1.41. The molecule has 4 rings (SSSR count). The van der Waals surface area contributed by atoms with E-state index in [1.165, 1.54) is 25.6 Å². The molecule has 1 fully saturated rings. The minimum Gasteiger partial charge on any atom is -0.483 e. The highest BCUT2D eigenvalue weighted by atomic mass is 32.2. The Bertz CT molecular complexity index is 1380. The van der Waals surface area contributed by atoms with Gasteiger partial charge in [0.1, 0.15) is 5.75 Å². The zero-order chi connectivity index (χ0) is 23.9. The van der Waals surface area contributed by atoms with Crippen molar-refractivity contribution < 1.29 is 17.9 Å². The van der Waals surface area contributed by atoms with Gasteiger partial charge in [-0.05, 0) is 49.2 Å². The lowest BCUT2D eigenvalue weighted by atomic mass is 10.1.